The number of aliphatic hydroxyl groups excluding tert-OH is 1. The third-order valence-electron chi connectivity index (χ3n) is 3.34. The molecule has 1 heterocycles. The van der Waals surface area contributed by atoms with E-state index < -0.39 is 17.8 Å². The summed E-state index contributed by atoms with van der Waals surface area (Å²) in [6, 6.07) is 4.99. The van der Waals surface area contributed by atoms with Gasteiger partial charge in [0.05, 0.1) is 25.3 Å². The van der Waals surface area contributed by atoms with E-state index in [-0.39, 0.29) is 25.5 Å². The summed E-state index contributed by atoms with van der Waals surface area (Å²) in [7, 11) is 0. The zero-order chi connectivity index (χ0) is 17.0. The lowest BCUT2D eigenvalue weighted by molar-refractivity contribution is -0.137. The number of aryl methyl sites for hydroxylation is 1. The first kappa shape index (κ1) is 16.7. The Labute approximate surface area is 133 Å². The lowest BCUT2D eigenvalue weighted by atomic mass is 10.1. The highest BCUT2D eigenvalue weighted by atomic mass is 16.5. The molecule has 0 aromatic heterocycles. The van der Waals surface area contributed by atoms with Crippen molar-refractivity contribution in [3.8, 4) is 0 Å². The minimum atomic E-state index is -0.512. The zero-order valence-corrected chi connectivity index (χ0v) is 13.0. The molecular formula is C16H18N2O5. The summed E-state index contributed by atoms with van der Waals surface area (Å²) in [6.07, 6.45) is 1.17. The molecule has 23 heavy (non-hydrogen) atoms. The molecule has 1 aromatic carbocycles. The van der Waals surface area contributed by atoms with E-state index in [0.29, 0.717) is 11.3 Å². The van der Waals surface area contributed by atoms with Crippen LogP contribution in [-0.2, 0) is 14.3 Å². The number of imide groups is 1. The number of anilines is 1. The Balaban J connectivity index is 2.20. The molecule has 1 aromatic rings. The largest absolute Gasteiger partial charge is 0.462 e. The van der Waals surface area contributed by atoms with E-state index in [0.717, 1.165) is 10.5 Å². The minimum absolute atomic E-state index is 0.0542. The van der Waals surface area contributed by atoms with Crippen LogP contribution in [0.1, 0.15) is 22.8 Å². The Hall–Kier alpha value is -2.67. The Morgan fingerprint density at radius 2 is 2.09 bits per heavy atom. The Morgan fingerprint density at radius 3 is 2.74 bits per heavy atom. The fourth-order valence-electron chi connectivity index (χ4n) is 2.19. The van der Waals surface area contributed by atoms with Gasteiger partial charge >= 0.3 is 5.97 Å². The first-order valence-electron chi connectivity index (χ1n) is 7.21. The molecule has 0 spiro atoms. The molecule has 1 aliphatic rings. The quantitative estimate of drug-likeness (QED) is 0.596. The molecule has 7 nitrogen and oxygen atoms in total. The number of esters is 1. The van der Waals surface area contributed by atoms with E-state index in [1.165, 1.54) is 6.08 Å². The number of rotatable bonds is 6. The standard InChI is InChI=1S/C16H18N2O5/c1-3-23-16(22)12-8-11(5-4-10(12)2)17-13-9-14(20)18(6-7-19)15(13)21/h4-5,8-9,17,19H,3,6-7H2,1-2H3. The minimum Gasteiger partial charge on any atom is -0.462 e. The molecule has 2 N–H and O–H groups in total. The van der Waals surface area contributed by atoms with Gasteiger partial charge in [-0.15, -0.1) is 0 Å². The number of hydrogen-bond acceptors (Lipinski definition) is 6. The van der Waals surface area contributed by atoms with E-state index in [1.807, 2.05) is 0 Å². The van der Waals surface area contributed by atoms with Gasteiger partial charge in [0.2, 0.25) is 0 Å². The number of amides is 2. The fraction of sp³-hybridized carbons (Fsp3) is 0.312. The molecule has 0 fully saturated rings. The van der Waals surface area contributed by atoms with E-state index in [1.54, 1.807) is 32.0 Å². The van der Waals surface area contributed by atoms with Crippen LogP contribution >= 0.6 is 0 Å². The fourth-order valence-corrected chi connectivity index (χ4v) is 2.19. The highest BCUT2D eigenvalue weighted by molar-refractivity contribution is 6.17. The van der Waals surface area contributed by atoms with Crippen molar-refractivity contribution in [3.05, 3.63) is 41.1 Å². The highest BCUT2D eigenvalue weighted by Gasteiger charge is 2.30. The van der Waals surface area contributed by atoms with Crippen LogP contribution in [0.5, 0.6) is 0 Å². The van der Waals surface area contributed by atoms with Crippen molar-refractivity contribution in [2.45, 2.75) is 13.8 Å². The predicted molar refractivity (Wildman–Crippen MR) is 82.6 cm³/mol. The van der Waals surface area contributed by atoms with Gasteiger partial charge in [-0.25, -0.2) is 4.79 Å². The number of carbonyl (C=O) groups is 3. The Bertz CT molecular complexity index is 681. The van der Waals surface area contributed by atoms with Gasteiger partial charge in [-0.3, -0.25) is 14.5 Å². The maximum Gasteiger partial charge on any atom is 0.338 e. The summed E-state index contributed by atoms with van der Waals surface area (Å²) in [4.78, 5) is 36.6. The average molecular weight is 318 g/mol. The summed E-state index contributed by atoms with van der Waals surface area (Å²) in [6.45, 7) is 3.42. The highest BCUT2D eigenvalue weighted by Crippen LogP contribution is 2.20. The third-order valence-corrected chi connectivity index (χ3v) is 3.34. The summed E-state index contributed by atoms with van der Waals surface area (Å²) < 4.78 is 4.98. The van der Waals surface area contributed by atoms with Gasteiger partial charge in [-0.1, -0.05) is 6.07 Å². The topological polar surface area (TPSA) is 95.9 Å². The van der Waals surface area contributed by atoms with Crippen LogP contribution in [0.2, 0.25) is 0 Å². The number of benzene rings is 1. The normalized spacial score (nSPS) is 14.0. The second kappa shape index (κ2) is 7.06. The Kier molecular flexibility index (Phi) is 5.13. The number of hydrogen-bond donors (Lipinski definition) is 2. The lowest BCUT2D eigenvalue weighted by Gasteiger charge is -2.14. The molecule has 2 amide bonds. The number of aliphatic hydroxyl groups is 1. The van der Waals surface area contributed by atoms with E-state index in [4.69, 9.17) is 9.84 Å². The SMILES string of the molecule is CCOC(=O)c1cc(NC2=CC(=O)N(CCO)C2=O)ccc1C. The summed E-state index contributed by atoms with van der Waals surface area (Å²) in [5, 5.41) is 11.7. The number of carbonyl (C=O) groups excluding carboxylic acids is 3. The van der Waals surface area contributed by atoms with Crippen molar-refractivity contribution in [2.24, 2.45) is 0 Å². The van der Waals surface area contributed by atoms with Crippen LogP contribution in [0.3, 0.4) is 0 Å². The summed E-state index contributed by atoms with van der Waals surface area (Å²) in [5.74, 6) is -1.44. The van der Waals surface area contributed by atoms with Gasteiger partial charge in [0.15, 0.2) is 0 Å². The first-order valence-corrected chi connectivity index (χ1v) is 7.21. The van der Waals surface area contributed by atoms with Crippen molar-refractivity contribution in [2.75, 3.05) is 25.1 Å². The number of nitrogens with one attached hydrogen (secondary N) is 1. The van der Waals surface area contributed by atoms with E-state index in [9.17, 15) is 14.4 Å². The molecule has 0 bridgehead atoms. The third kappa shape index (κ3) is 3.57. The first-order chi connectivity index (χ1) is 11.0. The van der Waals surface area contributed by atoms with Gasteiger partial charge in [0, 0.05) is 11.8 Å². The molecule has 0 radical (unpaired) electrons. The average Bonchev–Trinajstić information content (AvgIpc) is 2.77. The van der Waals surface area contributed by atoms with Crippen molar-refractivity contribution in [1.29, 1.82) is 0 Å². The smallest absolute Gasteiger partial charge is 0.338 e. The van der Waals surface area contributed by atoms with Crippen LogP contribution in [0.4, 0.5) is 5.69 Å². The second-order valence-corrected chi connectivity index (χ2v) is 4.95. The molecule has 7 heteroatoms. The molecular weight excluding hydrogens is 300 g/mol. The van der Waals surface area contributed by atoms with Gasteiger partial charge in [-0.2, -0.15) is 0 Å². The molecule has 0 aliphatic carbocycles. The lowest BCUT2D eigenvalue weighted by Crippen LogP contribution is -2.34. The second-order valence-electron chi connectivity index (χ2n) is 4.95. The maximum absolute atomic E-state index is 12.1. The van der Waals surface area contributed by atoms with Gasteiger partial charge in [0.1, 0.15) is 5.70 Å². The van der Waals surface area contributed by atoms with E-state index >= 15 is 0 Å². The molecule has 122 valence electrons. The Morgan fingerprint density at radius 1 is 1.35 bits per heavy atom. The van der Waals surface area contributed by atoms with Crippen molar-refractivity contribution < 1.29 is 24.2 Å². The molecule has 0 saturated carbocycles. The molecule has 0 atom stereocenters. The van der Waals surface area contributed by atoms with Gasteiger partial charge < -0.3 is 15.2 Å². The zero-order valence-electron chi connectivity index (χ0n) is 13.0. The molecule has 1 aliphatic heterocycles. The van der Waals surface area contributed by atoms with Crippen LogP contribution < -0.4 is 5.32 Å². The summed E-state index contributed by atoms with van der Waals surface area (Å²) >= 11 is 0. The van der Waals surface area contributed by atoms with E-state index in [2.05, 4.69) is 5.32 Å². The van der Waals surface area contributed by atoms with Crippen LogP contribution in [-0.4, -0.2) is 47.5 Å². The number of ether oxygens (including phenoxy) is 1. The van der Waals surface area contributed by atoms with Gasteiger partial charge in [0.25, 0.3) is 11.8 Å². The monoisotopic (exact) mass is 318 g/mol. The predicted octanol–water partition coefficient (Wildman–Crippen LogP) is 0.829. The van der Waals surface area contributed by atoms with Crippen molar-refractivity contribution in [1.82, 2.24) is 4.90 Å². The van der Waals surface area contributed by atoms with Crippen LogP contribution in [0, 0.1) is 6.92 Å². The molecule has 2 rings (SSSR count). The molecule has 0 unspecified atom stereocenters. The number of nitrogens with zero attached hydrogens (tertiary/aromatic N) is 1. The van der Waals surface area contributed by atoms with Gasteiger partial charge in [-0.05, 0) is 31.5 Å². The number of β-amino-alcohol motifs (C(OH)–C–C–N with tert-alkyl or cyclic N) is 1. The van der Waals surface area contributed by atoms with Crippen LogP contribution in [0.15, 0.2) is 30.0 Å². The molecule has 0 saturated heterocycles. The van der Waals surface area contributed by atoms with Crippen LogP contribution in [0.25, 0.3) is 0 Å². The van der Waals surface area contributed by atoms with Crippen molar-refractivity contribution >= 4 is 23.5 Å². The summed E-state index contributed by atoms with van der Waals surface area (Å²) in [5.41, 5.74) is 1.74. The maximum atomic E-state index is 12.1. The van der Waals surface area contributed by atoms with Crippen molar-refractivity contribution in [3.63, 3.8) is 0 Å².